The Bertz CT molecular complexity index is 600. The number of hydrogen-bond acceptors (Lipinski definition) is 5. The largest absolute Gasteiger partial charge is 0.462 e. The quantitative estimate of drug-likeness (QED) is 0.751. The van der Waals surface area contributed by atoms with E-state index < -0.39 is 24.6 Å². The minimum absolute atomic E-state index is 0.0729. The molecule has 3 rings (SSSR count). The second kappa shape index (κ2) is 5.38. The summed E-state index contributed by atoms with van der Waals surface area (Å²) in [5, 5.41) is 30.9. The number of aliphatic hydroxyl groups is 3. The number of benzene rings is 2. The van der Waals surface area contributed by atoms with E-state index >= 15 is 0 Å². The lowest BCUT2D eigenvalue weighted by Gasteiger charge is -2.34. The molecule has 0 aliphatic carbocycles. The van der Waals surface area contributed by atoms with Crippen LogP contribution in [0.4, 0.5) is 0 Å². The number of ether oxygens (including phenoxy) is 2. The third kappa shape index (κ3) is 2.48. The van der Waals surface area contributed by atoms with Gasteiger partial charge in [0.15, 0.2) is 0 Å². The maximum atomic E-state index is 9.82. The Morgan fingerprint density at radius 1 is 0.950 bits per heavy atom. The van der Waals surface area contributed by atoms with E-state index in [9.17, 15) is 15.3 Å². The van der Waals surface area contributed by atoms with Crippen molar-refractivity contribution in [2.75, 3.05) is 6.61 Å². The van der Waals surface area contributed by atoms with E-state index in [0.29, 0.717) is 5.75 Å². The molecule has 2 aromatic rings. The molecule has 1 saturated heterocycles. The van der Waals surface area contributed by atoms with E-state index in [1.165, 1.54) is 0 Å². The molecule has 3 N–H and O–H groups in total. The summed E-state index contributed by atoms with van der Waals surface area (Å²) in [5.41, 5.74) is 0. The summed E-state index contributed by atoms with van der Waals surface area (Å²) >= 11 is 0. The standard InChI is InChI=1S/C15H16O5/c16-12-8-19-15(14(18)13(12)17)20-11-6-5-9-3-1-2-4-10(9)7-11/h1-7,12-18H,8H2/t12-,13+,14-,15+/m1/s1. The first-order chi connectivity index (χ1) is 9.65. The van der Waals surface area contributed by atoms with Crippen LogP contribution in [0.2, 0.25) is 0 Å². The Morgan fingerprint density at radius 2 is 1.70 bits per heavy atom. The molecule has 1 aliphatic heterocycles. The normalized spacial score (nSPS) is 30.4. The third-order valence-electron chi connectivity index (χ3n) is 3.43. The molecule has 5 heteroatoms. The van der Waals surface area contributed by atoms with E-state index in [2.05, 4.69) is 0 Å². The fraction of sp³-hybridized carbons (Fsp3) is 0.333. The molecule has 0 bridgehead atoms. The van der Waals surface area contributed by atoms with Gasteiger partial charge < -0.3 is 24.8 Å². The van der Waals surface area contributed by atoms with Gasteiger partial charge in [-0.25, -0.2) is 0 Å². The van der Waals surface area contributed by atoms with Gasteiger partial charge in [-0.2, -0.15) is 0 Å². The van der Waals surface area contributed by atoms with Gasteiger partial charge in [0, 0.05) is 0 Å². The fourth-order valence-corrected chi connectivity index (χ4v) is 2.26. The Balaban J connectivity index is 1.79. The molecule has 1 fully saturated rings. The first-order valence-electron chi connectivity index (χ1n) is 6.46. The molecular weight excluding hydrogens is 260 g/mol. The molecule has 106 valence electrons. The molecule has 0 saturated carbocycles. The van der Waals surface area contributed by atoms with Gasteiger partial charge >= 0.3 is 0 Å². The molecule has 1 aliphatic rings. The van der Waals surface area contributed by atoms with Crippen LogP contribution in [-0.4, -0.2) is 46.5 Å². The Kier molecular flexibility index (Phi) is 3.58. The summed E-state index contributed by atoms with van der Waals surface area (Å²) in [5.74, 6) is 0.538. The maximum absolute atomic E-state index is 9.82. The maximum Gasteiger partial charge on any atom is 0.228 e. The lowest BCUT2D eigenvalue weighted by molar-refractivity contribution is -0.242. The monoisotopic (exact) mass is 276 g/mol. The summed E-state index contributed by atoms with van der Waals surface area (Å²) in [6, 6.07) is 13.3. The molecule has 0 spiro atoms. The van der Waals surface area contributed by atoms with Crippen molar-refractivity contribution in [2.24, 2.45) is 0 Å². The molecule has 5 nitrogen and oxygen atoms in total. The van der Waals surface area contributed by atoms with Crippen LogP contribution in [0.5, 0.6) is 5.75 Å². The zero-order valence-electron chi connectivity index (χ0n) is 10.7. The molecule has 0 amide bonds. The molecule has 0 radical (unpaired) electrons. The van der Waals surface area contributed by atoms with Gasteiger partial charge in [0.25, 0.3) is 0 Å². The van der Waals surface area contributed by atoms with Gasteiger partial charge in [0.1, 0.15) is 24.1 Å². The molecular formula is C15H16O5. The van der Waals surface area contributed by atoms with Gasteiger partial charge in [-0.15, -0.1) is 0 Å². The topological polar surface area (TPSA) is 79.2 Å². The van der Waals surface area contributed by atoms with E-state index in [-0.39, 0.29) is 6.61 Å². The summed E-state index contributed by atoms with van der Waals surface area (Å²) in [7, 11) is 0. The zero-order chi connectivity index (χ0) is 14.1. The molecule has 0 unspecified atom stereocenters. The van der Waals surface area contributed by atoms with Crippen LogP contribution in [0.25, 0.3) is 10.8 Å². The van der Waals surface area contributed by atoms with Crippen molar-refractivity contribution in [2.45, 2.75) is 24.6 Å². The molecule has 20 heavy (non-hydrogen) atoms. The smallest absolute Gasteiger partial charge is 0.228 e. The Hall–Kier alpha value is -1.66. The first kappa shape index (κ1) is 13.3. The van der Waals surface area contributed by atoms with Crippen LogP contribution in [0.1, 0.15) is 0 Å². The van der Waals surface area contributed by atoms with Crippen molar-refractivity contribution < 1.29 is 24.8 Å². The van der Waals surface area contributed by atoms with Crippen molar-refractivity contribution in [3.05, 3.63) is 42.5 Å². The van der Waals surface area contributed by atoms with E-state index in [0.717, 1.165) is 10.8 Å². The molecule has 1 heterocycles. The van der Waals surface area contributed by atoms with Gasteiger partial charge in [-0.1, -0.05) is 30.3 Å². The first-order valence-corrected chi connectivity index (χ1v) is 6.46. The molecule has 2 aromatic carbocycles. The lowest BCUT2D eigenvalue weighted by Crippen LogP contribution is -2.54. The summed E-state index contributed by atoms with van der Waals surface area (Å²) in [4.78, 5) is 0. The second-order valence-corrected chi connectivity index (χ2v) is 4.88. The zero-order valence-corrected chi connectivity index (χ0v) is 10.7. The minimum atomic E-state index is -1.29. The van der Waals surface area contributed by atoms with Crippen LogP contribution >= 0.6 is 0 Å². The molecule has 4 atom stereocenters. The van der Waals surface area contributed by atoms with Crippen molar-refractivity contribution in [1.82, 2.24) is 0 Å². The van der Waals surface area contributed by atoms with E-state index in [1.54, 1.807) is 6.07 Å². The van der Waals surface area contributed by atoms with E-state index in [1.807, 2.05) is 36.4 Å². The number of hydrogen-bond donors (Lipinski definition) is 3. The predicted octanol–water partition coefficient (Wildman–Crippen LogP) is 0.658. The number of fused-ring (bicyclic) bond motifs is 1. The second-order valence-electron chi connectivity index (χ2n) is 4.88. The van der Waals surface area contributed by atoms with Gasteiger partial charge in [0.05, 0.1) is 6.61 Å². The average Bonchev–Trinajstić information content (AvgIpc) is 2.48. The van der Waals surface area contributed by atoms with E-state index in [4.69, 9.17) is 9.47 Å². The Morgan fingerprint density at radius 3 is 2.50 bits per heavy atom. The van der Waals surface area contributed by atoms with Crippen molar-refractivity contribution in [3.63, 3.8) is 0 Å². The third-order valence-corrected chi connectivity index (χ3v) is 3.43. The fourth-order valence-electron chi connectivity index (χ4n) is 2.26. The van der Waals surface area contributed by atoms with Crippen molar-refractivity contribution in [1.29, 1.82) is 0 Å². The highest BCUT2D eigenvalue weighted by atomic mass is 16.7. The number of aliphatic hydroxyl groups excluding tert-OH is 3. The summed E-state index contributed by atoms with van der Waals surface area (Å²) < 4.78 is 10.8. The van der Waals surface area contributed by atoms with Crippen LogP contribution < -0.4 is 4.74 Å². The number of rotatable bonds is 2. The minimum Gasteiger partial charge on any atom is -0.462 e. The molecule has 0 aromatic heterocycles. The SMILES string of the molecule is O[C@@H]1[C@@H](O)[C@H](Oc2ccc3ccccc3c2)OC[C@H]1O. The summed E-state index contributed by atoms with van der Waals surface area (Å²) in [6.07, 6.45) is -4.64. The highest BCUT2D eigenvalue weighted by molar-refractivity contribution is 5.83. The highest BCUT2D eigenvalue weighted by Crippen LogP contribution is 2.24. The van der Waals surface area contributed by atoms with Gasteiger partial charge in [-0.3, -0.25) is 0 Å². The van der Waals surface area contributed by atoms with Crippen LogP contribution in [0.3, 0.4) is 0 Å². The van der Waals surface area contributed by atoms with Crippen molar-refractivity contribution >= 4 is 10.8 Å². The van der Waals surface area contributed by atoms with Gasteiger partial charge in [-0.05, 0) is 22.9 Å². The van der Waals surface area contributed by atoms with Gasteiger partial charge in [0.2, 0.25) is 6.29 Å². The van der Waals surface area contributed by atoms with Crippen molar-refractivity contribution in [3.8, 4) is 5.75 Å². The lowest BCUT2D eigenvalue weighted by atomic mass is 10.1. The van der Waals surface area contributed by atoms with Crippen LogP contribution in [0, 0.1) is 0 Å². The van der Waals surface area contributed by atoms with Crippen LogP contribution in [-0.2, 0) is 4.74 Å². The average molecular weight is 276 g/mol. The highest BCUT2D eigenvalue weighted by Gasteiger charge is 2.38. The predicted molar refractivity (Wildman–Crippen MR) is 72.3 cm³/mol. The summed E-state index contributed by atoms with van der Waals surface area (Å²) in [6.45, 7) is -0.0729. The van der Waals surface area contributed by atoms with Crippen LogP contribution in [0.15, 0.2) is 42.5 Å². The Labute approximate surface area is 116 Å².